The average molecular weight is 216 g/mol. The number of aliphatic hydroxyl groups excluding tert-OH is 1. The van der Waals surface area contributed by atoms with Crippen LogP contribution in [-0.4, -0.2) is 31.2 Å². The number of ether oxygens (including phenoxy) is 2. The van der Waals surface area contributed by atoms with Crippen LogP contribution < -0.4 is 0 Å². The Labute approximate surface area is 92.8 Å². The predicted molar refractivity (Wildman–Crippen MR) is 59.6 cm³/mol. The normalized spacial score (nSPS) is 25.4. The molecular weight excluding hydrogens is 192 g/mol. The third-order valence-electron chi connectivity index (χ3n) is 3.55. The van der Waals surface area contributed by atoms with Crippen molar-refractivity contribution in [1.29, 1.82) is 0 Å². The van der Waals surface area contributed by atoms with E-state index in [1.54, 1.807) is 0 Å². The Balaban J connectivity index is 0.000000531. The highest BCUT2D eigenvalue weighted by molar-refractivity contribution is 4.83. The van der Waals surface area contributed by atoms with Gasteiger partial charge >= 0.3 is 0 Å². The van der Waals surface area contributed by atoms with Gasteiger partial charge in [0, 0.05) is 20.0 Å². The quantitative estimate of drug-likeness (QED) is 0.730. The predicted octanol–water partition coefficient (Wildman–Crippen LogP) is 2.18. The molecule has 2 rings (SSSR count). The van der Waals surface area contributed by atoms with Crippen LogP contribution in [0.4, 0.5) is 0 Å². The number of hydrogen-bond acceptors (Lipinski definition) is 3. The zero-order chi connectivity index (χ0) is 11.3. The molecule has 1 spiro atoms. The average Bonchev–Trinajstić information content (AvgIpc) is 2.70. The second-order valence-corrected chi connectivity index (χ2v) is 4.69. The lowest BCUT2D eigenvalue weighted by Gasteiger charge is -2.36. The van der Waals surface area contributed by atoms with Crippen molar-refractivity contribution in [2.24, 2.45) is 11.8 Å². The highest BCUT2D eigenvalue weighted by Gasteiger charge is 2.40. The molecule has 1 aliphatic heterocycles. The summed E-state index contributed by atoms with van der Waals surface area (Å²) in [6.45, 7) is 6.23. The number of aliphatic hydroxyl groups is 1. The van der Waals surface area contributed by atoms with E-state index in [2.05, 4.69) is 13.8 Å². The Kier molecular flexibility index (Phi) is 5.03. The summed E-state index contributed by atoms with van der Waals surface area (Å²) in [5, 5.41) is 7.00. The van der Waals surface area contributed by atoms with Gasteiger partial charge in [-0.2, -0.15) is 0 Å². The molecule has 1 N–H and O–H groups in total. The largest absolute Gasteiger partial charge is 0.400 e. The first-order valence-electron chi connectivity index (χ1n) is 5.94. The van der Waals surface area contributed by atoms with Gasteiger partial charge in [-0.1, -0.05) is 13.8 Å². The number of hydrogen-bond donors (Lipinski definition) is 1. The van der Waals surface area contributed by atoms with Crippen LogP contribution in [0.3, 0.4) is 0 Å². The van der Waals surface area contributed by atoms with Crippen molar-refractivity contribution < 1.29 is 14.6 Å². The first-order chi connectivity index (χ1) is 7.22. The van der Waals surface area contributed by atoms with E-state index in [9.17, 15) is 0 Å². The fourth-order valence-electron chi connectivity index (χ4n) is 2.53. The second-order valence-electron chi connectivity index (χ2n) is 4.69. The van der Waals surface area contributed by atoms with Crippen LogP contribution in [0.5, 0.6) is 0 Å². The van der Waals surface area contributed by atoms with Crippen molar-refractivity contribution in [3.8, 4) is 0 Å². The lowest BCUT2D eigenvalue weighted by atomic mass is 9.79. The highest BCUT2D eigenvalue weighted by Crippen LogP contribution is 2.40. The molecule has 2 fully saturated rings. The molecule has 2 aliphatic rings. The molecule has 1 heterocycles. The number of rotatable bonds is 1. The Hall–Kier alpha value is -0.120. The minimum atomic E-state index is -0.161. The van der Waals surface area contributed by atoms with Gasteiger partial charge in [0.05, 0.1) is 13.2 Å². The van der Waals surface area contributed by atoms with Gasteiger partial charge < -0.3 is 14.6 Å². The zero-order valence-electron chi connectivity index (χ0n) is 10.2. The molecule has 0 aromatic carbocycles. The molecule has 3 heteroatoms. The summed E-state index contributed by atoms with van der Waals surface area (Å²) in [5.41, 5.74) is 0. The van der Waals surface area contributed by atoms with E-state index in [-0.39, 0.29) is 5.79 Å². The lowest BCUT2D eigenvalue weighted by molar-refractivity contribution is -0.184. The fraction of sp³-hybridized carbons (Fsp3) is 1.00. The van der Waals surface area contributed by atoms with Crippen molar-refractivity contribution >= 4 is 0 Å². The zero-order valence-corrected chi connectivity index (χ0v) is 10.2. The van der Waals surface area contributed by atoms with Gasteiger partial charge in [0.15, 0.2) is 5.79 Å². The van der Waals surface area contributed by atoms with Gasteiger partial charge in [-0.3, -0.25) is 0 Å². The van der Waals surface area contributed by atoms with E-state index in [4.69, 9.17) is 14.6 Å². The summed E-state index contributed by atoms with van der Waals surface area (Å²) in [6.07, 6.45) is 4.76. The van der Waals surface area contributed by atoms with Crippen molar-refractivity contribution in [1.82, 2.24) is 0 Å². The molecule has 1 saturated carbocycles. The van der Waals surface area contributed by atoms with Gasteiger partial charge in [0.2, 0.25) is 0 Å². The summed E-state index contributed by atoms with van der Waals surface area (Å²) in [7, 11) is 1.00. The molecule has 0 unspecified atom stereocenters. The van der Waals surface area contributed by atoms with Crippen molar-refractivity contribution in [3.05, 3.63) is 0 Å². The summed E-state index contributed by atoms with van der Waals surface area (Å²) >= 11 is 0. The van der Waals surface area contributed by atoms with E-state index in [0.29, 0.717) is 0 Å². The van der Waals surface area contributed by atoms with Crippen LogP contribution in [0, 0.1) is 11.8 Å². The van der Waals surface area contributed by atoms with E-state index >= 15 is 0 Å². The summed E-state index contributed by atoms with van der Waals surface area (Å²) in [5.74, 6) is 1.54. The van der Waals surface area contributed by atoms with Gasteiger partial charge in [-0.15, -0.1) is 0 Å². The molecule has 0 aromatic rings. The summed E-state index contributed by atoms with van der Waals surface area (Å²) in [4.78, 5) is 0. The summed E-state index contributed by atoms with van der Waals surface area (Å²) in [6, 6.07) is 0. The smallest absolute Gasteiger partial charge is 0.168 e. The monoisotopic (exact) mass is 216 g/mol. The van der Waals surface area contributed by atoms with E-state index in [1.807, 2.05) is 0 Å². The maximum absolute atomic E-state index is 7.00. The fourth-order valence-corrected chi connectivity index (χ4v) is 2.53. The van der Waals surface area contributed by atoms with Crippen LogP contribution in [0.1, 0.15) is 39.5 Å². The Morgan fingerprint density at radius 2 is 1.53 bits per heavy atom. The maximum atomic E-state index is 7.00. The summed E-state index contributed by atoms with van der Waals surface area (Å²) < 4.78 is 11.4. The molecule has 0 radical (unpaired) electrons. The van der Waals surface area contributed by atoms with Crippen molar-refractivity contribution in [2.45, 2.75) is 45.3 Å². The molecular formula is C12H24O3. The van der Waals surface area contributed by atoms with E-state index in [1.165, 1.54) is 12.8 Å². The molecule has 1 aliphatic carbocycles. The SMILES string of the molecule is CC(C)C1CCC2(CC1)OCCO2.CO. The van der Waals surface area contributed by atoms with Crippen LogP contribution in [0.25, 0.3) is 0 Å². The standard InChI is InChI=1S/C11H20O2.CH4O/c1-9(2)10-3-5-11(6-4-10)12-7-8-13-11;1-2/h9-10H,3-8H2,1-2H3;2H,1H3. The molecule has 0 amide bonds. The second kappa shape index (κ2) is 5.83. The minimum absolute atomic E-state index is 0.161. The first kappa shape index (κ1) is 12.9. The van der Waals surface area contributed by atoms with Gasteiger partial charge in [0.25, 0.3) is 0 Å². The third-order valence-corrected chi connectivity index (χ3v) is 3.55. The third kappa shape index (κ3) is 3.16. The lowest BCUT2D eigenvalue weighted by Crippen LogP contribution is -2.36. The minimum Gasteiger partial charge on any atom is -0.400 e. The Morgan fingerprint density at radius 1 is 1.07 bits per heavy atom. The molecule has 1 saturated heterocycles. The van der Waals surface area contributed by atoms with Gasteiger partial charge in [-0.25, -0.2) is 0 Å². The highest BCUT2D eigenvalue weighted by atomic mass is 16.7. The molecule has 0 bridgehead atoms. The van der Waals surface area contributed by atoms with Crippen molar-refractivity contribution in [2.75, 3.05) is 20.3 Å². The Bertz CT molecular complexity index is 164. The van der Waals surface area contributed by atoms with Crippen molar-refractivity contribution in [3.63, 3.8) is 0 Å². The van der Waals surface area contributed by atoms with Crippen LogP contribution in [0.15, 0.2) is 0 Å². The van der Waals surface area contributed by atoms with E-state index < -0.39 is 0 Å². The topological polar surface area (TPSA) is 38.7 Å². The first-order valence-corrected chi connectivity index (χ1v) is 5.94. The van der Waals surface area contributed by atoms with Gasteiger partial charge in [0.1, 0.15) is 0 Å². The van der Waals surface area contributed by atoms with Gasteiger partial charge in [-0.05, 0) is 24.7 Å². The Morgan fingerprint density at radius 3 is 1.93 bits per heavy atom. The van der Waals surface area contributed by atoms with E-state index in [0.717, 1.165) is 45.0 Å². The molecule has 0 atom stereocenters. The maximum Gasteiger partial charge on any atom is 0.168 e. The van der Waals surface area contributed by atoms with Crippen LogP contribution >= 0.6 is 0 Å². The van der Waals surface area contributed by atoms with Crippen LogP contribution in [0.2, 0.25) is 0 Å². The molecule has 90 valence electrons. The van der Waals surface area contributed by atoms with Crippen LogP contribution in [-0.2, 0) is 9.47 Å². The molecule has 15 heavy (non-hydrogen) atoms. The molecule has 0 aromatic heterocycles. The molecule has 3 nitrogen and oxygen atoms in total.